The van der Waals surface area contributed by atoms with Gasteiger partial charge in [0.05, 0.1) is 17.6 Å². The first-order valence-electron chi connectivity index (χ1n) is 17.9. The number of anilines is 1. The molecule has 12 nitrogen and oxygen atoms in total. The minimum Gasteiger partial charge on any atom is -0.459 e. The summed E-state index contributed by atoms with van der Waals surface area (Å²) in [5.41, 5.74) is 1.64. The van der Waals surface area contributed by atoms with Crippen molar-refractivity contribution in [3.05, 3.63) is 54.4 Å². The van der Waals surface area contributed by atoms with Gasteiger partial charge in [-0.2, -0.15) is 13.8 Å². The second-order valence-corrected chi connectivity index (χ2v) is 15.1. The summed E-state index contributed by atoms with van der Waals surface area (Å²) < 4.78 is 58.5. The van der Waals surface area contributed by atoms with E-state index in [-0.39, 0.29) is 67.2 Å². The molecule has 14 heteroatoms. The Balaban J connectivity index is 1.27. The lowest BCUT2D eigenvalue weighted by molar-refractivity contribution is -0.156. The zero-order chi connectivity index (χ0) is 36.4. The maximum absolute atomic E-state index is 16.0. The van der Waals surface area contributed by atoms with Crippen molar-refractivity contribution in [3.63, 3.8) is 0 Å². The molecule has 6 bridgehead atoms. The second-order valence-electron chi connectivity index (χ2n) is 15.1. The van der Waals surface area contributed by atoms with Crippen LogP contribution in [0.2, 0.25) is 0 Å². The van der Waals surface area contributed by atoms with Crippen molar-refractivity contribution < 1.29 is 37.0 Å². The van der Waals surface area contributed by atoms with Crippen molar-refractivity contribution in [2.45, 2.75) is 83.1 Å². The van der Waals surface area contributed by atoms with Crippen LogP contribution in [0.3, 0.4) is 0 Å². The number of amides is 1. The van der Waals surface area contributed by atoms with E-state index >= 15 is 8.78 Å². The number of hydrogen-bond donors (Lipinski definition) is 0. The molecule has 0 unspecified atom stereocenters. The van der Waals surface area contributed by atoms with Crippen LogP contribution in [0.15, 0.2) is 52.9 Å². The van der Waals surface area contributed by atoms with Gasteiger partial charge in [-0.15, -0.1) is 0 Å². The Bertz CT molecular complexity index is 2160. The molecule has 3 aromatic heterocycles. The van der Waals surface area contributed by atoms with E-state index in [1.165, 1.54) is 0 Å². The van der Waals surface area contributed by atoms with Crippen LogP contribution in [-0.2, 0) is 25.0 Å². The predicted molar refractivity (Wildman–Crippen MR) is 188 cm³/mol. The van der Waals surface area contributed by atoms with Gasteiger partial charge in [-0.1, -0.05) is 31.2 Å². The molecule has 274 valence electrons. The van der Waals surface area contributed by atoms with Crippen LogP contribution < -0.4 is 9.64 Å². The molecule has 2 fully saturated rings. The van der Waals surface area contributed by atoms with Crippen molar-refractivity contribution in [2.24, 2.45) is 5.92 Å². The number of hydrogen-bond acceptors (Lipinski definition) is 10. The van der Waals surface area contributed by atoms with E-state index in [9.17, 15) is 9.59 Å². The van der Waals surface area contributed by atoms with E-state index in [0.29, 0.717) is 36.5 Å². The van der Waals surface area contributed by atoms with Crippen LogP contribution in [0.1, 0.15) is 65.2 Å². The summed E-state index contributed by atoms with van der Waals surface area (Å²) in [6.45, 7) is 7.59. The molecule has 4 atom stereocenters. The highest BCUT2D eigenvalue weighted by molar-refractivity contribution is 6.06. The molecule has 7 heterocycles. The molecule has 0 spiro atoms. The molecule has 4 aliphatic rings. The first-order valence-corrected chi connectivity index (χ1v) is 17.9. The highest BCUT2D eigenvalue weighted by Gasteiger charge is 2.45. The SMILES string of the molecule is C[C@H]1CN2CC[C@@H]1n1c(nc3ccccc31)O[C@H]1C[C@@H](C(=O)OC(C)(C)C)N(C1)c1nc(nc3c1oc1ccccc13)C(F)(F)COCCCC2=O. The normalized spacial score (nSPS) is 24.3. The van der Waals surface area contributed by atoms with Gasteiger partial charge in [0.1, 0.15) is 35.5 Å². The molecule has 2 aromatic carbocycles. The Kier molecular flexibility index (Phi) is 8.55. The summed E-state index contributed by atoms with van der Waals surface area (Å²) in [5, 5.41) is 0.529. The molecule has 0 N–H and O–H groups in total. The van der Waals surface area contributed by atoms with Crippen molar-refractivity contribution >= 4 is 50.8 Å². The summed E-state index contributed by atoms with van der Waals surface area (Å²) >= 11 is 0. The predicted octanol–water partition coefficient (Wildman–Crippen LogP) is 6.41. The summed E-state index contributed by atoms with van der Waals surface area (Å²) in [7, 11) is 0. The molecule has 52 heavy (non-hydrogen) atoms. The van der Waals surface area contributed by atoms with Gasteiger partial charge in [-0.3, -0.25) is 9.36 Å². The third-order valence-corrected chi connectivity index (χ3v) is 10.1. The highest BCUT2D eigenvalue weighted by atomic mass is 19.3. The number of carbonyl (C=O) groups excluding carboxylic acids is 2. The first-order chi connectivity index (χ1) is 24.9. The number of ether oxygens (including phenoxy) is 3. The number of carbonyl (C=O) groups is 2. The summed E-state index contributed by atoms with van der Waals surface area (Å²) in [6.07, 6.45) is 0.704. The number of aromatic nitrogens is 4. The number of furan rings is 1. The number of nitrogens with zero attached hydrogens (tertiary/aromatic N) is 6. The molecule has 0 radical (unpaired) electrons. The summed E-state index contributed by atoms with van der Waals surface area (Å²) in [5.74, 6) is -4.85. The van der Waals surface area contributed by atoms with Crippen LogP contribution in [-0.4, -0.2) is 86.9 Å². The number of benzene rings is 2. The van der Waals surface area contributed by atoms with Gasteiger partial charge < -0.3 is 28.4 Å². The average Bonchev–Trinajstić information content (AvgIpc) is 3.80. The standard InChI is InChI=1S/C38H42F2N6O6/c1-22-19-44-16-15-26(22)46-27-12-7-6-11-25(27)41-36(46)50-23-18-28(34(48)52-37(2,3)4)45(20-23)33-32-31(24-10-5-8-13-29(24)51-32)42-35(43-33)38(39,40)21-49-17-9-14-30(44)47/h5-8,10-13,22-23,26,28H,9,14-21H2,1-4H3/t22-,23-,26-,28-/m0/s1. The number of rotatable bonds is 1. The van der Waals surface area contributed by atoms with Crippen molar-refractivity contribution in [1.29, 1.82) is 0 Å². The fraction of sp³-hybridized carbons (Fsp3) is 0.500. The molecular formula is C38H42F2N6O6. The van der Waals surface area contributed by atoms with Gasteiger partial charge in [0, 0.05) is 44.0 Å². The fourth-order valence-corrected chi connectivity index (χ4v) is 7.71. The molecule has 5 aromatic rings. The van der Waals surface area contributed by atoms with E-state index in [4.69, 9.17) is 23.6 Å². The fourth-order valence-electron chi connectivity index (χ4n) is 7.71. The Morgan fingerprint density at radius 3 is 2.63 bits per heavy atom. The van der Waals surface area contributed by atoms with Gasteiger partial charge in [-0.25, -0.2) is 14.8 Å². The van der Waals surface area contributed by atoms with Gasteiger partial charge in [0.2, 0.25) is 11.7 Å². The minimum absolute atomic E-state index is 0.0126. The van der Waals surface area contributed by atoms with E-state index in [2.05, 4.69) is 21.5 Å². The number of fused-ring (bicyclic) bond motifs is 12. The Labute approximate surface area is 299 Å². The van der Waals surface area contributed by atoms with Crippen LogP contribution in [0.25, 0.3) is 33.1 Å². The zero-order valence-corrected chi connectivity index (χ0v) is 29.7. The number of para-hydroxylation sites is 3. The lowest BCUT2D eigenvalue weighted by Crippen LogP contribution is -2.43. The Morgan fingerprint density at radius 1 is 1.04 bits per heavy atom. The monoisotopic (exact) mass is 716 g/mol. The largest absolute Gasteiger partial charge is 0.459 e. The Morgan fingerprint density at radius 2 is 1.83 bits per heavy atom. The summed E-state index contributed by atoms with van der Waals surface area (Å²) in [6, 6.07) is 14.3. The van der Waals surface area contributed by atoms with Crippen LogP contribution >= 0.6 is 0 Å². The number of alkyl halides is 2. The minimum atomic E-state index is -3.61. The van der Waals surface area contributed by atoms with Gasteiger partial charge in [0.15, 0.2) is 11.4 Å². The second kappa shape index (κ2) is 13.0. The molecule has 0 aliphatic carbocycles. The number of esters is 1. The number of piperidine rings is 1. The number of imidazole rings is 1. The maximum Gasteiger partial charge on any atom is 0.329 e. The third kappa shape index (κ3) is 6.30. The van der Waals surface area contributed by atoms with Crippen LogP contribution in [0, 0.1) is 5.92 Å². The lowest BCUT2D eigenvalue weighted by atomic mass is 9.93. The van der Waals surface area contributed by atoms with Crippen molar-refractivity contribution in [2.75, 3.05) is 37.7 Å². The van der Waals surface area contributed by atoms with E-state index in [1.807, 2.05) is 29.2 Å². The third-order valence-electron chi connectivity index (χ3n) is 10.1. The van der Waals surface area contributed by atoms with Crippen LogP contribution in [0.4, 0.5) is 14.6 Å². The van der Waals surface area contributed by atoms with E-state index < -0.39 is 42.1 Å². The molecular weight excluding hydrogens is 674 g/mol. The highest BCUT2D eigenvalue weighted by Crippen LogP contribution is 2.41. The molecule has 4 aliphatic heterocycles. The van der Waals surface area contributed by atoms with Gasteiger partial charge >= 0.3 is 11.9 Å². The van der Waals surface area contributed by atoms with Gasteiger partial charge in [0.25, 0.3) is 6.01 Å². The topological polar surface area (TPSA) is 125 Å². The van der Waals surface area contributed by atoms with Crippen molar-refractivity contribution in [1.82, 2.24) is 24.4 Å². The zero-order valence-electron chi connectivity index (χ0n) is 29.7. The molecule has 0 saturated carbocycles. The molecule has 9 rings (SSSR count). The van der Waals surface area contributed by atoms with Crippen molar-refractivity contribution in [3.8, 4) is 6.01 Å². The number of halogens is 2. The lowest BCUT2D eigenvalue weighted by Gasteiger charge is -2.38. The molecule has 1 amide bonds. The quantitative estimate of drug-likeness (QED) is 0.180. The average molecular weight is 717 g/mol. The van der Waals surface area contributed by atoms with E-state index in [1.54, 1.807) is 49.9 Å². The van der Waals surface area contributed by atoms with Gasteiger partial charge in [-0.05, 0) is 63.8 Å². The molecule has 2 saturated heterocycles. The maximum atomic E-state index is 16.0. The smallest absolute Gasteiger partial charge is 0.329 e. The Hall–Kier alpha value is -4.85. The summed E-state index contributed by atoms with van der Waals surface area (Å²) in [4.78, 5) is 44.3. The first kappa shape index (κ1) is 34.2. The van der Waals surface area contributed by atoms with Crippen LogP contribution in [0.5, 0.6) is 6.01 Å². The van der Waals surface area contributed by atoms with E-state index in [0.717, 1.165) is 11.0 Å².